The van der Waals surface area contributed by atoms with Crippen LogP contribution in [-0.4, -0.2) is 30.6 Å². The number of benzene rings is 3. The quantitative estimate of drug-likeness (QED) is 0.395. The van der Waals surface area contributed by atoms with Crippen molar-refractivity contribution < 1.29 is 4.79 Å². The smallest absolute Gasteiger partial charge is 0.234 e. The number of fused-ring (bicyclic) bond motifs is 2. The lowest BCUT2D eigenvalue weighted by molar-refractivity contribution is -0.113. The summed E-state index contributed by atoms with van der Waals surface area (Å²) in [6.07, 6.45) is 0. The summed E-state index contributed by atoms with van der Waals surface area (Å²) in [6.45, 7) is 0. The molecular weight excluding hydrogens is 414 g/mol. The average molecular weight is 430 g/mol. The predicted molar refractivity (Wildman–Crippen MR) is 122 cm³/mol. The molecule has 146 valence electrons. The second kappa shape index (κ2) is 8.17. The first-order valence-corrected chi connectivity index (χ1v) is 11.0. The first-order valence-electron chi connectivity index (χ1n) is 9.24. The molecule has 0 radical (unpaired) electrons. The SMILES string of the molecule is O=C(CSc1nnc(-c2ccccc2)c2ccccc12)Nc1cccc2nsnc12. The van der Waals surface area contributed by atoms with Crippen molar-refractivity contribution in [3.63, 3.8) is 0 Å². The largest absolute Gasteiger partial charge is 0.323 e. The zero-order valence-corrected chi connectivity index (χ0v) is 17.3. The number of hydrogen-bond acceptors (Lipinski definition) is 7. The van der Waals surface area contributed by atoms with Gasteiger partial charge in [-0.3, -0.25) is 4.79 Å². The third kappa shape index (κ3) is 3.62. The lowest BCUT2D eigenvalue weighted by atomic mass is 10.1. The van der Waals surface area contributed by atoms with Crippen LogP contribution in [0.3, 0.4) is 0 Å². The Hall–Kier alpha value is -3.36. The number of thioether (sulfide) groups is 1. The zero-order valence-electron chi connectivity index (χ0n) is 15.6. The number of amides is 1. The van der Waals surface area contributed by atoms with E-state index in [9.17, 15) is 4.79 Å². The van der Waals surface area contributed by atoms with Crippen molar-refractivity contribution in [2.24, 2.45) is 0 Å². The van der Waals surface area contributed by atoms with Gasteiger partial charge in [-0.1, -0.05) is 72.4 Å². The lowest BCUT2D eigenvalue weighted by Crippen LogP contribution is -2.14. The van der Waals surface area contributed by atoms with E-state index in [1.54, 1.807) is 0 Å². The molecule has 0 saturated carbocycles. The molecule has 3 aromatic carbocycles. The summed E-state index contributed by atoms with van der Waals surface area (Å²) in [7, 11) is 0. The van der Waals surface area contributed by atoms with E-state index in [0.29, 0.717) is 11.2 Å². The van der Waals surface area contributed by atoms with Crippen molar-refractivity contribution in [2.45, 2.75) is 5.03 Å². The Kier molecular flexibility index (Phi) is 5.08. The molecule has 2 heterocycles. The molecule has 0 aliphatic rings. The third-order valence-electron chi connectivity index (χ3n) is 4.60. The lowest BCUT2D eigenvalue weighted by Gasteiger charge is -2.09. The Morgan fingerprint density at radius 2 is 1.67 bits per heavy atom. The van der Waals surface area contributed by atoms with E-state index in [4.69, 9.17) is 0 Å². The van der Waals surface area contributed by atoms with Gasteiger partial charge in [0.05, 0.1) is 23.2 Å². The number of aromatic nitrogens is 4. The minimum Gasteiger partial charge on any atom is -0.323 e. The van der Waals surface area contributed by atoms with E-state index < -0.39 is 0 Å². The minimum atomic E-state index is -0.126. The topological polar surface area (TPSA) is 80.7 Å². The Morgan fingerprint density at radius 1 is 0.867 bits per heavy atom. The number of carbonyl (C=O) groups excluding carboxylic acids is 1. The van der Waals surface area contributed by atoms with Crippen molar-refractivity contribution in [3.8, 4) is 11.3 Å². The van der Waals surface area contributed by atoms with Gasteiger partial charge in [-0.15, -0.1) is 10.2 Å². The van der Waals surface area contributed by atoms with Crippen LogP contribution in [0, 0.1) is 0 Å². The molecule has 2 aromatic heterocycles. The summed E-state index contributed by atoms with van der Waals surface area (Å²) in [4.78, 5) is 12.6. The number of hydrogen-bond donors (Lipinski definition) is 1. The fourth-order valence-electron chi connectivity index (χ4n) is 3.22. The summed E-state index contributed by atoms with van der Waals surface area (Å²) in [5.41, 5.74) is 4.00. The Balaban J connectivity index is 1.38. The van der Waals surface area contributed by atoms with Gasteiger partial charge in [0.25, 0.3) is 0 Å². The van der Waals surface area contributed by atoms with Gasteiger partial charge in [0, 0.05) is 16.3 Å². The van der Waals surface area contributed by atoms with E-state index in [1.807, 2.05) is 72.8 Å². The molecule has 0 fully saturated rings. The molecule has 0 bridgehead atoms. The second-order valence-electron chi connectivity index (χ2n) is 6.54. The van der Waals surface area contributed by atoms with Gasteiger partial charge in [0.15, 0.2) is 0 Å². The highest BCUT2D eigenvalue weighted by molar-refractivity contribution is 8.00. The Labute approximate surface area is 180 Å². The molecule has 1 amide bonds. The zero-order chi connectivity index (χ0) is 20.3. The average Bonchev–Trinajstić information content (AvgIpc) is 3.28. The highest BCUT2D eigenvalue weighted by Gasteiger charge is 2.14. The molecule has 0 unspecified atom stereocenters. The first-order chi connectivity index (χ1) is 14.8. The molecule has 0 saturated heterocycles. The summed E-state index contributed by atoms with van der Waals surface area (Å²) < 4.78 is 8.46. The van der Waals surface area contributed by atoms with E-state index >= 15 is 0 Å². The fourth-order valence-corrected chi connectivity index (χ4v) is 4.54. The molecule has 6 nitrogen and oxygen atoms in total. The molecule has 0 aliphatic heterocycles. The van der Waals surface area contributed by atoms with Gasteiger partial charge in [-0.2, -0.15) is 8.75 Å². The number of anilines is 1. The highest BCUT2D eigenvalue weighted by atomic mass is 32.2. The molecule has 0 spiro atoms. The van der Waals surface area contributed by atoms with Crippen molar-refractivity contribution in [1.82, 2.24) is 18.9 Å². The normalized spacial score (nSPS) is 11.1. The monoisotopic (exact) mass is 429 g/mol. The van der Waals surface area contributed by atoms with Crippen LogP contribution in [0.2, 0.25) is 0 Å². The summed E-state index contributed by atoms with van der Waals surface area (Å²) >= 11 is 2.50. The van der Waals surface area contributed by atoms with E-state index in [-0.39, 0.29) is 11.7 Å². The van der Waals surface area contributed by atoms with Crippen molar-refractivity contribution in [1.29, 1.82) is 0 Å². The highest BCUT2D eigenvalue weighted by Crippen LogP contribution is 2.31. The van der Waals surface area contributed by atoms with Crippen LogP contribution in [0.15, 0.2) is 77.8 Å². The maximum atomic E-state index is 12.6. The van der Waals surface area contributed by atoms with Crippen molar-refractivity contribution in [3.05, 3.63) is 72.8 Å². The fraction of sp³-hybridized carbons (Fsp3) is 0.0455. The van der Waals surface area contributed by atoms with Crippen LogP contribution in [0.5, 0.6) is 0 Å². The third-order valence-corrected chi connectivity index (χ3v) is 6.12. The minimum absolute atomic E-state index is 0.126. The molecule has 0 atom stereocenters. The van der Waals surface area contributed by atoms with Crippen molar-refractivity contribution in [2.75, 3.05) is 11.1 Å². The number of nitrogens with zero attached hydrogens (tertiary/aromatic N) is 4. The van der Waals surface area contributed by atoms with Gasteiger partial charge in [0.1, 0.15) is 21.8 Å². The van der Waals surface area contributed by atoms with Gasteiger partial charge in [0.2, 0.25) is 5.91 Å². The molecule has 0 aliphatic carbocycles. The predicted octanol–water partition coefficient (Wildman–Crippen LogP) is 5.03. The second-order valence-corrected chi connectivity index (χ2v) is 8.03. The number of carbonyl (C=O) groups is 1. The standard InChI is InChI=1S/C22H15N5OS2/c28-19(23-17-11-6-12-18-21(17)27-30-26-18)13-29-22-16-10-5-4-9-15(16)20(24-25-22)14-7-2-1-3-8-14/h1-12H,13H2,(H,23,28). The van der Waals surface area contributed by atoms with Gasteiger partial charge < -0.3 is 5.32 Å². The summed E-state index contributed by atoms with van der Waals surface area (Å²) in [5, 5.41) is 14.5. The molecular formula is C22H15N5OS2. The van der Waals surface area contributed by atoms with E-state index in [2.05, 4.69) is 24.3 Å². The van der Waals surface area contributed by atoms with Gasteiger partial charge in [-0.25, -0.2) is 0 Å². The van der Waals surface area contributed by atoms with Crippen LogP contribution in [-0.2, 0) is 4.79 Å². The van der Waals surface area contributed by atoms with Crippen LogP contribution in [0.4, 0.5) is 5.69 Å². The van der Waals surface area contributed by atoms with E-state index in [1.165, 1.54) is 11.8 Å². The number of rotatable bonds is 5. The Morgan fingerprint density at radius 3 is 2.53 bits per heavy atom. The molecule has 5 aromatic rings. The first kappa shape index (κ1) is 18.7. The van der Waals surface area contributed by atoms with Crippen LogP contribution in [0.25, 0.3) is 33.1 Å². The van der Waals surface area contributed by atoms with Gasteiger partial charge in [-0.05, 0) is 12.1 Å². The van der Waals surface area contributed by atoms with Gasteiger partial charge >= 0.3 is 0 Å². The summed E-state index contributed by atoms with van der Waals surface area (Å²) in [5.74, 6) is 0.0932. The van der Waals surface area contributed by atoms with Crippen LogP contribution in [0.1, 0.15) is 0 Å². The maximum absolute atomic E-state index is 12.6. The van der Waals surface area contributed by atoms with Crippen LogP contribution >= 0.6 is 23.5 Å². The van der Waals surface area contributed by atoms with Crippen LogP contribution < -0.4 is 5.32 Å². The Bertz CT molecular complexity index is 1350. The van der Waals surface area contributed by atoms with E-state index in [0.717, 1.165) is 44.3 Å². The molecule has 5 rings (SSSR count). The van der Waals surface area contributed by atoms with Crippen molar-refractivity contribution >= 4 is 56.9 Å². The molecule has 8 heteroatoms. The molecule has 1 N–H and O–H groups in total. The summed E-state index contributed by atoms with van der Waals surface area (Å²) in [6, 6.07) is 23.5. The maximum Gasteiger partial charge on any atom is 0.234 e. The molecule has 30 heavy (non-hydrogen) atoms. The number of nitrogens with one attached hydrogen (secondary N) is 1.